The summed E-state index contributed by atoms with van der Waals surface area (Å²) in [6, 6.07) is 9.85. The normalized spacial score (nSPS) is 25.4. The molecule has 2 atom stereocenters. The highest BCUT2D eigenvalue weighted by Crippen LogP contribution is 2.76. The Morgan fingerprint density at radius 1 is 1.06 bits per heavy atom. The van der Waals surface area contributed by atoms with Crippen LogP contribution in [0.15, 0.2) is 55.1 Å². The van der Waals surface area contributed by atoms with Gasteiger partial charge in [-0.1, -0.05) is 18.2 Å². The third kappa shape index (κ3) is 4.45. The molecule has 6 nitrogen and oxygen atoms in total. The van der Waals surface area contributed by atoms with Gasteiger partial charge in [0.05, 0.1) is 6.54 Å². The van der Waals surface area contributed by atoms with Gasteiger partial charge >= 0.3 is 6.18 Å². The number of nitrogens with zero attached hydrogens (tertiary/aromatic N) is 3. The van der Waals surface area contributed by atoms with Crippen LogP contribution in [0.2, 0.25) is 0 Å². The van der Waals surface area contributed by atoms with Crippen LogP contribution in [0.1, 0.15) is 36.8 Å². The molecule has 2 N–H and O–H groups in total. The third-order valence-corrected chi connectivity index (χ3v) is 7.38. The lowest BCUT2D eigenvalue weighted by atomic mass is 9.32. The van der Waals surface area contributed by atoms with Gasteiger partial charge in [0.1, 0.15) is 42.2 Å². The zero-order valence-corrected chi connectivity index (χ0v) is 19.1. The number of halogens is 5. The van der Waals surface area contributed by atoms with E-state index in [0.717, 1.165) is 37.0 Å². The Kier molecular flexibility index (Phi) is 5.83. The largest absolute Gasteiger partial charge is 0.491 e. The van der Waals surface area contributed by atoms with Crippen molar-refractivity contribution in [2.75, 3.05) is 6.61 Å². The zero-order chi connectivity index (χ0) is 25.8. The fraction of sp³-hybridized carbons (Fsp3) is 0.440. The van der Waals surface area contributed by atoms with Gasteiger partial charge in [0.2, 0.25) is 0 Å². The molecule has 3 saturated carbocycles. The number of aliphatic hydroxyl groups is 2. The molecule has 36 heavy (non-hydrogen) atoms. The van der Waals surface area contributed by atoms with Gasteiger partial charge in [0, 0.05) is 11.6 Å². The number of ether oxygens (including phenoxy) is 1. The summed E-state index contributed by atoms with van der Waals surface area (Å²) in [6.45, 7) is -0.929. The molecule has 2 aromatic carbocycles. The van der Waals surface area contributed by atoms with Gasteiger partial charge in [-0.25, -0.2) is 18.4 Å². The lowest BCUT2D eigenvalue weighted by Gasteiger charge is -2.72. The molecule has 192 valence electrons. The first-order chi connectivity index (χ1) is 16.9. The van der Waals surface area contributed by atoms with Crippen molar-refractivity contribution in [3.05, 3.63) is 77.9 Å². The fourth-order valence-corrected chi connectivity index (χ4v) is 5.97. The summed E-state index contributed by atoms with van der Waals surface area (Å²) >= 11 is 0. The summed E-state index contributed by atoms with van der Waals surface area (Å²) in [7, 11) is 0. The van der Waals surface area contributed by atoms with Crippen molar-refractivity contribution in [2.45, 2.75) is 55.5 Å². The van der Waals surface area contributed by atoms with Crippen LogP contribution in [0.5, 0.6) is 5.75 Å². The van der Waals surface area contributed by atoms with Gasteiger partial charge in [-0.15, -0.1) is 0 Å². The van der Waals surface area contributed by atoms with E-state index in [1.165, 1.54) is 23.4 Å². The average Bonchev–Trinajstić information content (AvgIpc) is 3.26. The number of aliphatic hydroxyl groups excluding tert-OH is 1. The van der Waals surface area contributed by atoms with E-state index in [1.54, 1.807) is 24.3 Å². The predicted octanol–water partition coefficient (Wildman–Crippen LogP) is 4.26. The summed E-state index contributed by atoms with van der Waals surface area (Å²) < 4.78 is 72.0. The first-order valence-corrected chi connectivity index (χ1v) is 11.4. The molecule has 1 heterocycles. The van der Waals surface area contributed by atoms with E-state index in [0.29, 0.717) is 0 Å². The fourth-order valence-electron chi connectivity index (χ4n) is 5.97. The number of aromatic nitrogens is 3. The Balaban J connectivity index is 1.27. The number of alkyl halides is 3. The number of hydrogen-bond acceptors (Lipinski definition) is 5. The van der Waals surface area contributed by atoms with Gasteiger partial charge in [-0.2, -0.15) is 18.3 Å². The highest BCUT2D eigenvalue weighted by atomic mass is 19.4. The molecule has 0 aliphatic heterocycles. The average molecular weight is 509 g/mol. The van der Waals surface area contributed by atoms with Crippen LogP contribution in [0.3, 0.4) is 0 Å². The molecule has 11 heteroatoms. The van der Waals surface area contributed by atoms with Crippen molar-refractivity contribution >= 4 is 0 Å². The SMILES string of the molecule is O[C@H](COc1ccc(C23CC(C[C@](O)(Cn4cncn4)c4ccc(F)cc4F)(C2)C3)cc1)C(F)(F)F. The molecule has 0 unspecified atom stereocenters. The molecule has 0 spiro atoms. The lowest BCUT2D eigenvalue weighted by molar-refractivity contribution is -0.210. The van der Waals surface area contributed by atoms with Crippen LogP contribution in [0, 0.1) is 17.0 Å². The van der Waals surface area contributed by atoms with E-state index in [4.69, 9.17) is 9.84 Å². The quantitative estimate of drug-likeness (QED) is 0.422. The minimum atomic E-state index is -4.74. The second kappa shape index (κ2) is 8.52. The van der Waals surface area contributed by atoms with Gasteiger partial charge in [0.15, 0.2) is 6.10 Å². The van der Waals surface area contributed by atoms with Crippen molar-refractivity contribution in [2.24, 2.45) is 5.41 Å². The molecular weight excluding hydrogens is 485 g/mol. The van der Waals surface area contributed by atoms with Crippen molar-refractivity contribution in [3.63, 3.8) is 0 Å². The van der Waals surface area contributed by atoms with Gasteiger partial charge in [-0.05, 0) is 60.3 Å². The highest BCUT2D eigenvalue weighted by molar-refractivity contribution is 5.42. The minimum absolute atomic E-state index is 0.000668. The maximum Gasteiger partial charge on any atom is 0.417 e. The van der Waals surface area contributed by atoms with Crippen LogP contribution in [0.25, 0.3) is 0 Å². The summed E-state index contributed by atoms with van der Waals surface area (Å²) in [5.74, 6) is -1.34. The number of hydrogen-bond donors (Lipinski definition) is 2. The van der Waals surface area contributed by atoms with Crippen molar-refractivity contribution in [1.82, 2.24) is 14.8 Å². The van der Waals surface area contributed by atoms with Gasteiger partial charge in [-0.3, -0.25) is 0 Å². The molecule has 1 aromatic heterocycles. The third-order valence-electron chi connectivity index (χ3n) is 7.38. The van der Waals surface area contributed by atoms with E-state index < -0.39 is 36.1 Å². The molecule has 0 amide bonds. The molecule has 6 rings (SSSR count). The van der Waals surface area contributed by atoms with Gasteiger partial charge < -0.3 is 14.9 Å². The Morgan fingerprint density at radius 3 is 2.33 bits per heavy atom. The zero-order valence-electron chi connectivity index (χ0n) is 19.1. The first kappa shape index (κ1) is 24.6. The number of benzene rings is 2. The maximum atomic E-state index is 14.7. The van der Waals surface area contributed by atoms with Crippen LogP contribution in [-0.2, 0) is 17.6 Å². The monoisotopic (exact) mass is 509 g/mol. The standard InChI is InChI=1S/C25H24F5N3O3/c26-17-3-6-19(20(27)7-17)24(35,13-33-15-31-14-32-33)12-22-9-23(10-22,11-22)16-1-4-18(5-2-16)36-8-21(34)25(28,29)30/h1-7,14-15,21,34-35H,8-13H2/t21-,22?,23?,24+/m1/s1. The first-order valence-electron chi connectivity index (χ1n) is 11.4. The predicted molar refractivity (Wildman–Crippen MR) is 117 cm³/mol. The molecular formula is C25H24F5N3O3. The minimum Gasteiger partial charge on any atom is -0.491 e. The Hall–Kier alpha value is -3.05. The van der Waals surface area contributed by atoms with Crippen molar-refractivity contribution in [1.29, 1.82) is 0 Å². The number of rotatable bonds is 9. The molecule has 3 fully saturated rings. The molecule has 0 saturated heterocycles. The van der Waals surface area contributed by atoms with Crippen molar-refractivity contribution in [3.8, 4) is 5.75 Å². The summed E-state index contributed by atoms with van der Waals surface area (Å²) in [4.78, 5) is 3.88. The van der Waals surface area contributed by atoms with E-state index in [2.05, 4.69) is 10.1 Å². The second-order valence-electron chi connectivity index (χ2n) is 10.1. The molecule has 0 radical (unpaired) electrons. The summed E-state index contributed by atoms with van der Waals surface area (Å²) in [5, 5.41) is 24.7. The van der Waals surface area contributed by atoms with Crippen molar-refractivity contribution < 1.29 is 36.9 Å². The van der Waals surface area contributed by atoms with Crippen LogP contribution in [-0.4, -0.2) is 43.9 Å². The van der Waals surface area contributed by atoms with Crippen LogP contribution in [0.4, 0.5) is 22.0 Å². The molecule has 3 aromatic rings. The summed E-state index contributed by atoms with van der Waals surface area (Å²) in [6.07, 6.45) is -2.08. The van der Waals surface area contributed by atoms with E-state index in [1.807, 2.05) is 0 Å². The smallest absolute Gasteiger partial charge is 0.417 e. The highest BCUT2D eigenvalue weighted by Gasteiger charge is 2.69. The Morgan fingerprint density at radius 2 is 1.75 bits per heavy atom. The van der Waals surface area contributed by atoms with E-state index in [-0.39, 0.29) is 35.1 Å². The molecule has 3 aliphatic rings. The van der Waals surface area contributed by atoms with Gasteiger partial charge in [0.25, 0.3) is 0 Å². The Bertz CT molecular complexity index is 1210. The lowest BCUT2D eigenvalue weighted by Crippen LogP contribution is -2.66. The maximum absolute atomic E-state index is 14.7. The van der Waals surface area contributed by atoms with Crippen LogP contribution >= 0.6 is 0 Å². The van der Waals surface area contributed by atoms with E-state index >= 15 is 0 Å². The molecule has 2 bridgehead atoms. The molecule has 3 aliphatic carbocycles. The van der Waals surface area contributed by atoms with E-state index in [9.17, 15) is 27.1 Å². The second-order valence-corrected chi connectivity index (χ2v) is 10.1. The topological polar surface area (TPSA) is 80.4 Å². The van der Waals surface area contributed by atoms with Crippen LogP contribution < -0.4 is 4.74 Å². The Labute approximate surface area is 203 Å². The summed E-state index contributed by atoms with van der Waals surface area (Å²) in [5.41, 5.74) is -0.988.